The smallest absolute Gasteiger partial charge is 0.318 e. The predicted molar refractivity (Wildman–Crippen MR) is 64.0 cm³/mol. The molecule has 1 heterocycles. The molecular formula is C12H12ClNO3. The molecule has 0 amide bonds. The molecule has 0 spiro atoms. The van der Waals surface area contributed by atoms with Gasteiger partial charge in [0.1, 0.15) is 17.7 Å². The number of hydrogen-bond donors (Lipinski definition) is 0. The predicted octanol–water partition coefficient (Wildman–Crippen LogP) is 2.25. The lowest BCUT2D eigenvalue weighted by Gasteiger charge is -2.12. The summed E-state index contributed by atoms with van der Waals surface area (Å²) < 4.78 is 4.75. The van der Waals surface area contributed by atoms with Gasteiger partial charge in [0, 0.05) is 10.6 Å². The highest BCUT2D eigenvalue weighted by Gasteiger charge is 2.38. The minimum atomic E-state index is -0.485. The lowest BCUT2D eigenvalue weighted by atomic mass is 9.93. The molecule has 1 aliphatic rings. The van der Waals surface area contributed by atoms with E-state index >= 15 is 0 Å². The Morgan fingerprint density at radius 3 is 2.65 bits per heavy atom. The molecular weight excluding hydrogens is 242 g/mol. The molecule has 0 fully saturated rings. The first kappa shape index (κ1) is 11.9. The lowest BCUT2D eigenvalue weighted by molar-refractivity contribution is -0.145. The van der Waals surface area contributed by atoms with Gasteiger partial charge in [-0.2, -0.15) is 0 Å². The summed E-state index contributed by atoms with van der Waals surface area (Å²) in [6.45, 7) is 1.79. The Bertz CT molecular complexity index is 455. The molecule has 0 aliphatic carbocycles. The van der Waals surface area contributed by atoms with Crippen molar-refractivity contribution in [2.45, 2.75) is 13.0 Å². The maximum absolute atomic E-state index is 11.7. The summed E-state index contributed by atoms with van der Waals surface area (Å²) in [5, 5.41) is 4.57. The molecule has 0 bridgehead atoms. The van der Waals surface area contributed by atoms with Crippen LogP contribution in [0.3, 0.4) is 0 Å². The highest BCUT2D eigenvalue weighted by atomic mass is 35.5. The summed E-state index contributed by atoms with van der Waals surface area (Å²) >= 11 is 5.81. The number of esters is 1. The molecule has 4 nitrogen and oxygen atoms in total. The maximum atomic E-state index is 11.7. The van der Waals surface area contributed by atoms with Crippen LogP contribution in [-0.4, -0.2) is 24.9 Å². The number of nitrogens with zero attached hydrogens (tertiary/aromatic N) is 1. The zero-order chi connectivity index (χ0) is 12.4. The minimum absolute atomic E-state index is 0.312. The Hall–Kier alpha value is -1.55. The van der Waals surface area contributed by atoms with E-state index in [2.05, 4.69) is 5.16 Å². The monoisotopic (exact) mass is 253 g/mol. The van der Waals surface area contributed by atoms with E-state index in [0.717, 1.165) is 5.56 Å². The average molecular weight is 254 g/mol. The van der Waals surface area contributed by atoms with Gasteiger partial charge in [-0.1, -0.05) is 28.9 Å². The van der Waals surface area contributed by atoms with Crippen molar-refractivity contribution in [3.63, 3.8) is 0 Å². The summed E-state index contributed by atoms with van der Waals surface area (Å²) in [6, 6.07) is 7.10. The second kappa shape index (κ2) is 4.75. The molecule has 1 aromatic carbocycles. The summed E-state index contributed by atoms with van der Waals surface area (Å²) in [6.07, 6.45) is -0.312. The number of oxime groups is 1. The number of rotatable bonds is 2. The molecule has 0 saturated carbocycles. The van der Waals surface area contributed by atoms with Crippen LogP contribution in [-0.2, 0) is 14.4 Å². The first-order valence-corrected chi connectivity index (χ1v) is 5.58. The maximum Gasteiger partial charge on any atom is 0.318 e. The fraction of sp³-hybridized carbons (Fsp3) is 0.333. The normalized spacial score (nSPS) is 22.9. The Morgan fingerprint density at radius 1 is 1.41 bits per heavy atom. The number of methoxy groups -OCH3 is 1. The second-order valence-electron chi connectivity index (χ2n) is 3.79. The lowest BCUT2D eigenvalue weighted by Crippen LogP contribution is -2.30. The Balaban J connectivity index is 2.31. The molecule has 0 N–H and O–H groups in total. The van der Waals surface area contributed by atoms with Gasteiger partial charge in [-0.05, 0) is 19.1 Å². The standard InChI is InChI=1S/C12H12ClNO3/c1-7-10(12(15)16-2)11(14-17-7)8-3-5-9(13)6-4-8/h3-7,10H,1-2H3/t7-,10-/m1/s1. The molecule has 1 aliphatic heterocycles. The van der Waals surface area contributed by atoms with E-state index in [1.54, 1.807) is 31.2 Å². The summed E-state index contributed by atoms with van der Waals surface area (Å²) in [7, 11) is 1.35. The topological polar surface area (TPSA) is 47.9 Å². The molecule has 0 radical (unpaired) electrons. The van der Waals surface area contributed by atoms with Crippen molar-refractivity contribution in [2.24, 2.45) is 11.1 Å². The number of hydrogen-bond acceptors (Lipinski definition) is 4. The zero-order valence-electron chi connectivity index (χ0n) is 9.51. The van der Waals surface area contributed by atoms with Crippen molar-refractivity contribution >= 4 is 23.3 Å². The van der Waals surface area contributed by atoms with Gasteiger partial charge >= 0.3 is 5.97 Å². The molecule has 17 heavy (non-hydrogen) atoms. The third-order valence-corrected chi connectivity index (χ3v) is 2.93. The van der Waals surface area contributed by atoms with Crippen LogP contribution in [0.15, 0.2) is 29.4 Å². The summed E-state index contributed by atoms with van der Waals surface area (Å²) in [4.78, 5) is 16.8. The molecule has 2 rings (SSSR count). The highest BCUT2D eigenvalue weighted by Crippen LogP contribution is 2.25. The van der Waals surface area contributed by atoms with E-state index in [4.69, 9.17) is 21.2 Å². The quantitative estimate of drug-likeness (QED) is 0.760. The first-order chi connectivity index (χ1) is 8.13. The van der Waals surface area contributed by atoms with Crippen molar-refractivity contribution in [3.8, 4) is 0 Å². The first-order valence-electron chi connectivity index (χ1n) is 5.21. The Labute approximate surface area is 104 Å². The molecule has 0 saturated heterocycles. The third-order valence-electron chi connectivity index (χ3n) is 2.68. The number of halogens is 1. The highest BCUT2D eigenvalue weighted by molar-refractivity contribution is 6.30. The fourth-order valence-corrected chi connectivity index (χ4v) is 1.89. The number of ether oxygens (including phenoxy) is 1. The van der Waals surface area contributed by atoms with Crippen LogP contribution < -0.4 is 0 Å². The van der Waals surface area contributed by atoms with Crippen molar-refractivity contribution in [3.05, 3.63) is 34.9 Å². The van der Waals surface area contributed by atoms with Crippen LogP contribution in [0, 0.1) is 5.92 Å². The van der Waals surface area contributed by atoms with E-state index < -0.39 is 5.92 Å². The van der Waals surface area contributed by atoms with Crippen molar-refractivity contribution < 1.29 is 14.4 Å². The minimum Gasteiger partial charge on any atom is -0.468 e. The molecule has 0 unspecified atom stereocenters. The number of carbonyl (C=O) groups excluding carboxylic acids is 1. The SMILES string of the molecule is COC(=O)[C@H]1C(c2ccc(Cl)cc2)=NO[C@@H]1C. The van der Waals surface area contributed by atoms with E-state index in [1.807, 2.05) is 0 Å². The van der Waals surface area contributed by atoms with Gasteiger partial charge in [0.25, 0.3) is 0 Å². The molecule has 1 aromatic rings. The van der Waals surface area contributed by atoms with Gasteiger partial charge in [0.2, 0.25) is 0 Å². The van der Waals surface area contributed by atoms with E-state index in [0.29, 0.717) is 10.7 Å². The van der Waals surface area contributed by atoms with Crippen molar-refractivity contribution in [2.75, 3.05) is 7.11 Å². The molecule has 0 aromatic heterocycles. The van der Waals surface area contributed by atoms with Crippen molar-refractivity contribution in [1.29, 1.82) is 0 Å². The van der Waals surface area contributed by atoms with E-state index in [9.17, 15) is 4.79 Å². The second-order valence-corrected chi connectivity index (χ2v) is 4.23. The van der Waals surface area contributed by atoms with Crippen LogP contribution in [0.25, 0.3) is 0 Å². The fourth-order valence-electron chi connectivity index (χ4n) is 1.76. The summed E-state index contributed by atoms with van der Waals surface area (Å²) in [5.74, 6) is -0.829. The van der Waals surface area contributed by atoms with Gasteiger partial charge in [-0.15, -0.1) is 0 Å². The molecule has 90 valence electrons. The van der Waals surface area contributed by atoms with Crippen LogP contribution in [0.1, 0.15) is 12.5 Å². The van der Waals surface area contributed by atoms with Crippen LogP contribution >= 0.6 is 11.6 Å². The Kier molecular flexibility index (Phi) is 3.33. The van der Waals surface area contributed by atoms with Gasteiger partial charge < -0.3 is 9.57 Å². The molecule has 2 atom stereocenters. The van der Waals surface area contributed by atoms with Gasteiger partial charge in [-0.3, -0.25) is 4.79 Å². The average Bonchev–Trinajstić information content (AvgIpc) is 2.71. The summed E-state index contributed by atoms with van der Waals surface area (Å²) in [5.41, 5.74) is 1.40. The van der Waals surface area contributed by atoms with E-state index in [-0.39, 0.29) is 12.1 Å². The van der Waals surface area contributed by atoms with Gasteiger partial charge in [-0.25, -0.2) is 0 Å². The van der Waals surface area contributed by atoms with E-state index in [1.165, 1.54) is 7.11 Å². The van der Waals surface area contributed by atoms with Crippen LogP contribution in [0.2, 0.25) is 5.02 Å². The third kappa shape index (κ3) is 2.26. The Morgan fingerprint density at radius 2 is 2.06 bits per heavy atom. The number of benzene rings is 1. The van der Waals surface area contributed by atoms with Crippen molar-refractivity contribution in [1.82, 2.24) is 0 Å². The van der Waals surface area contributed by atoms with Gasteiger partial charge in [0.15, 0.2) is 0 Å². The number of carbonyl (C=O) groups is 1. The van der Waals surface area contributed by atoms with Gasteiger partial charge in [0.05, 0.1) is 7.11 Å². The van der Waals surface area contributed by atoms with Crippen LogP contribution in [0.5, 0.6) is 0 Å². The van der Waals surface area contributed by atoms with Crippen LogP contribution in [0.4, 0.5) is 0 Å². The largest absolute Gasteiger partial charge is 0.468 e. The molecule has 5 heteroatoms. The zero-order valence-corrected chi connectivity index (χ0v) is 10.3.